The van der Waals surface area contributed by atoms with Crippen molar-refractivity contribution in [1.82, 2.24) is 84.7 Å². The Hall–Kier alpha value is -10.0. The third-order valence-electron chi connectivity index (χ3n) is 22.6. The minimum absolute atomic E-state index is 0.00656. The van der Waals surface area contributed by atoms with Gasteiger partial charge in [-0.2, -0.15) is 0 Å². The van der Waals surface area contributed by atoms with Gasteiger partial charge in [0.15, 0.2) is 0 Å². The van der Waals surface area contributed by atoms with Gasteiger partial charge in [0.2, 0.25) is 94.5 Å². The number of aromatic amines is 1. The van der Waals surface area contributed by atoms with E-state index in [1.54, 1.807) is 114 Å². The summed E-state index contributed by atoms with van der Waals surface area (Å²) in [4.78, 5) is 230. The number of para-hydroxylation sites is 1. The highest BCUT2D eigenvalue weighted by Crippen LogP contribution is 2.22. The summed E-state index contributed by atoms with van der Waals surface area (Å²) in [6.07, 6.45) is 6.78. The number of fused-ring (bicyclic) bond motifs is 1. The summed E-state index contributed by atoms with van der Waals surface area (Å²) in [5.41, 5.74) is 41.7. The number of aliphatic hydroxyl groups excluding tert-OH is 2. The summed E-state index contributed by atoms with van der Waals surface area (Å²) in [6, 6.07) is -13.3. The first-order chi connectivity index (χ1) is 61.2. The molecule has 0 fully saturated rings. The molecule has 129 heavy (non-hydrogen) atoms. The van der Waals surface area contributed by atoms with Gasteiger partial charge in [-0.15, -0.1) is 0 Å². The van der Waals surface area contributed by atoms with Crippen molar-refractivity contribution in [3.63, 3.8) is 0 Å². The highest BCUT2D eigenvalue weighted by Gasteiger charge is 2.41. The van der Waals surface area contributed by atoms with Gasteiger partial charge in [0.05, 0.1) is 19.8 Å². The van der Waals surface area contributed by atoms with Crippen LogP contribution in [0.5, 0.6) is 0 Å². The van der Waals surface area contributed by atoms with Crippen molar-refractivity contribution in [2.45, 2.75) is 322 Å². The van der Waals surface area contributed by atoms with Gasteiger partial charge in [0.25, 0.3) is 0 Å². The number of hydrogen-bond acceptors (Lipinski definition) is 24. The van der Waals surface area contributed by atoms with E-state index in [1.807, 2.05) is 0 Å². The van der Waals surface area contributed by atoms with Crippen LogP contribution in [0.1, 0.15) is 230 Å². The summed E-state index contributed by atoms with van der Waals surface area (Å²) in [5, 5.41) is 62.0. The predicted octanol–water partition coefficient (Wildman–Crippen LogP) is -2.65. The maximum Gasteiger partial charge on any atom is 0.245 e. The van der Waals surface area contributed by atoms with Crippen LogP contribution in [0.4, 0.5) is 0 Å². The molecule has 732 valence electrons. The Morgan fingerprint density at radius 3 is 0.922 bits per heavy atom. The molecule has 41 nitrogen and oxygen atoms in total. The standard InChI is InChI=1S/C88H157N23O18/c1-14-52(10)71(109-70(114)45-94)87(128)106-67(44-56-46-96-58-30-18-17-29-57(56)58)83(124)107-69(48-113)85(126)108-68(47-112)84(125)105-66(43-51(8)9)82(123)104-65(42-50(6)7)81(122)102-60(32-20-25-37-90)76(117)99-62(34-22-27-39-92)78(119)103-64(41-49(4)5)80(121)101-61(33-21-26-38-91)77(118)100-63(35-23-28-40-93)79(120)110-73(54(12)16-3)88(129)111-72(53(11)15-2)86(127)97-55(13)75(116)98-59(74(95)115)31-19-24-36-89/h17-18,29-30,46,49-55,59-69,71-73,96,112-113H,14-16,19-28,31-45,47-48,89-94H2,1-13H3,(H2,95,115)(H,97,127)(H,98,116)(H,99,117)(H,100,118)(H,101,121)(H,102,122)(H,103,119)(H,104,123)(H,105,125)(H,106,128)(H,107,124)(H,108,126)(H,109,114)(H,110,120)(H,111,129)/t52-,53-,54-,55-,59-,60-,61-,62-,63-,64-,65-,66-,67-,68-,69-,71-,72-,73-/m0/s1. The van der Waals surface area contributed by atoms with E-state index in [0.29, 0.717) is 100 Å². The minimum Gasteiger partial charge on any atom is -0.394 e. The Bertz CT molecular complexity index is 3850. The lowest BCUT2D eigenvalue weighted by Gasteiger charge is -2.31. The number of unbranched alkanes of at least 4 members (excludes halogenated alkanes) is 5. The molecule has 0 aliphatic heterocycles. The van der Waals surface area contributed by atoms with Crippen LogP contribution in [0.2, 0.25) is 0 Å². The largest absolute Gasteiger partial charge is 0.394 e. The third kappa shape index (κ3) is 41.7. The summed E-state index contributed by atoms with van der Waals surface area (Å²) in [7, 11) is 0. The van der Waals surface area contributed by atoms with E-state index in [0.717, 1.165) is 0 Å². The van der Waals surface area contributed by atoms with Gasteiger partial charge in [-0.1, -0.05) is 121 Å². The molecule has 0 spiro atoms. The van der Waals surface area contributed by atoms with Crippen LogP contribution in [0.3, 0.4) is 0 Å². The number of primary amides is 1. The van der Waals surface area contributed by atoms with Crippen molar-refractivity contribution >= 4 is 105 Å². The normalized spacial score (nSPS) is 15.7. The average Bonchev–Trinajstić information content (AvgIpc) is 1.72. The number of carbonyl (C=O) groups is 16. The molecule has 2 rings (SSSR count). The van der Waals surface area contributed by atoms with Gasteiger partial charge in [-0.25, -0.2) is 0 Å². The topological polar surface area (TPSA) is 692 Å². The molecule has 16 amide bonds. The zero-order valence-electron chi connectivity index (χ0n) is 78.2. The van der Waals surface area contributed by atoms with Gasteiger partial charge < -0.3 is 135 Å². The van der Waals surface area contributed by atoms with E-state index in [2.05, 4.69) is 84.7 Å². The second-order valence-electron chi connectivity index (χ2n) is 34.9. The Morgan fingerprint density at radius 2 is 0.589 bits per heavy atom. The maximum atomic E-state index is 14.9. The number of carbonyl (C=O) groups excluding carboxylic acids is 16. The highest BCUT2D eigenvalue weighted by molar-refractivity contribution is 6.01. The molecule has 32 N–H and O–H groups in total. The summed E-state index contributed by atoms with van der Waals surface area (Å²) >= 11 is 0. The highest BCUT2D eigenvalue weighted by atomic mass is 16.3. The molecule has 0 bridgehead atoms. The number of nitrogens with two attached hydrogens (primary N) is 7. The Morgan fingerprint density at radius 1 is 0.318 bits per heavy atom. The van der Waals surface area contributed by atoms with Gasteiger partial charge in [-0.3, -0.25) is 76.7 Å². The average molecular weight is 1830 g/mol. The Kier molecular flexibility index (Phi) is 55.5. The smallest absolute Gasteiger partial charge is 0.245 e. The zero-order chi connectivity index (χ0) is 97.2. The van der Waals surface area contributed by atoms with Crippen LogP contribution in [0.25, 0.3) is 10.9 Å². The molecule has 1 aromatic heterocycles. The van der Waals surface area contributed by atoms with Crippen LogP contribution >= 0.6 is 0 Å². The molecule has 0 aliphatic carbocycles. The molecular weight excluding hydrogens is 1670 g/mol. The molecule has 2 aromatic rings. The van der Waals surface area contributed by atoms with Crippen molar-refractivity contribution in [3.05, 3.63) is 36.0 Å². The summed E-state index contributed by atoms with van der Waals surface area (Å²) < 4.78 is 0. The third-order valence-corrected chi connectivity index (χ3v) is 22.6. The molecule has 18 atom stereocenters. The minimum atomic E-state index is -1.81. The number of hydrogen-bond donors (Lipinski definition) is 25. The molecule has 0 radical (unpaired) electrons. The van der Waals surface area contributed by atoms with Gasteiger partial charge in [0.1, 0.15) is 90.6 Å². The summed E-state index contributed by atoms with van der Waals surface area (Å²) in [6.45, 7) is 21.3. The van der Waals surface area contributed by atoms with Crippen molar-refractivity contribution in [1.29, 1.82) is 0 Å². The van der Waals surface area contributed by atoms with Crippen molar-refractivity contribution in [2.75, 3.05) is 52.5 Å². The number of amides is 16. The number of aromatic nitrogens is 1. The molecule has 0 saturated heterocycles. The monoisotopic (exact) mass is 1820 g/mol. The van der Waals surface area contributed by atoms with Crippen LogP contribution in [-0.4, -0.2) is 253 Å². The molecular formula is C88H157N23O18. The lowest BCUT2D eigenvalue weighted by Crippen LogP contribution is -2.62. The second kappa shape index (κ2) is 62.3. The van der Waals surface area contributed by atoms with E-state index in [9.17, 15) is 86.9 Å². The van der Waals surface area contributed by atoms with Gasteiger partial charge >= 0.3 is 0 Å². The zero-order valence-corrected chi connectivity index (χ0v) is 78.2. The number of benzene rings is 1. The van der Waals surface area contributed by atoms with Crippen LogP contribution < -0.4 is 120 Å². The fraction of sp³-hybridized carbons (Fsp3) is 0.727. The molecule has 0 saturated carbocycles. The number of aliphatic hydroxyl groups is 2. The fourth-order valence-corrected chi connectivity index (χ4v) is 14.3. The lowest BCUT2D eigenvalue weighted by molar-refractivity contribution is -0.137. The second-order valence-corrected chi connectivity index (χ2v) is 34.9. The molecule has 0 aliphatic rings. The van der Waals surface area contributed by atoms with Gasteiger partial charge in [-0.05, 0) is 202 Å². The van der Waals surface area contributed by atoms with Gasteiger partial charge in [0, 0.05) is 23.5 Å². The number of H-pyrrole nitrogens is 1. The lowest BCUT2D eigenvalue weighted by atomic mass is 9.94. The first kappa shape index (κ1) is 115. The SMILES string of the molecule is CC[C@H](C)[C@H](NC(=O)CN)C(=O)N[C@@H](Cc1c[nH]c2ccccc12)C(=O)N[C@@H](CO)C(=O)N[C@@H](CO)C(=O)N[C@@H](CC(C)C)C(=O)N[C@@H](CC(C)C)C(=O)N[C@@H](CCCCN)C(=O)N[C@@H](CCCCN)C(=O)N[C@@H](CC(C)C)C(=O)N[C@@H](CCCCN)C(=O)N[C@@H](CCCCN)C(=O)N[C@H](C(=O)N[C@H](C(=O)N[C@@H](C)C(=O)N[C@@H](CCCCN)C(N)=O)[C@@H](C)CC)[C@@H](C)CC. The van der Waals surface area contributed by atoms with Crippen molar-refractivity contribution < 1.29 is 86.9 Å². The Labute approximate surface area is 759 Å². The molecule has 41 heteroatoms. The quantitative estimate of drug-likeness (QED) is 0.0301. The van der Waals surface area contributed by atoms with Crippen molar-refractivity contribution in [2.24, 2.45) is 75.6 Å². The number of nitrogens with one attached hydrogen (secondary N) is 16. The maximum absolute atomic E-state index is 14.9. The Balaban J connectivity index is 2.53. The predicted molar refractivity (Wildman–Crippen MR) is 490 cm³/mol. The van der Waals surface area contributed by atoms with Crippen LogP contribution in [0, 0.1) is 35.5 Å². The number of rotatable bonds is 67. The van der Waals surface area contributed by atoms with Crippen molar-refractivity contribution in [3.8, 4) is 0 Å². The van der Waals surface area contributed by atoms with E-state index >= 15 is 0 Å². The van der Waals surface area contributed by atoms with E-state index in [-0.39, 0.29) is 108 Å². The van der Waals surface area contributed by atoms with E-state index in [4.69, 9.17) is 40.1 Å². The van der Waals surface area contributed by atoms with Crippen LogP contribution in [0.15, 0.2) is 30.5 Å². The molecule has 1 aromatic carbocycles. The van der Waals surface area contributed by atoms with Crippen LogP contribution in [-0.2, 0) is 83.1 Å². The molecule has 1 heterocycles. The summed E-state index contributed by atoms with van der Waals surface area (Å²) in [5.74, 6) is -15.6. The van der Waals surface area contributed by atoms with E-state index < -0.39 is 223 Å². The first-order valence-corrected chi connectivity index (χ1v) is 46.0. The van der Waals surface area contributed by atoms with E-state index in [1.165, 1.54) is 6.92 Å². The fourth-order valence-electron chi connectivity index (χ4n) is 14.3. The first-order valence-electron chi connectivity index (χ1n) is 46.0. The molecule has 0 unspecified atom stereocenters.